The van der Waals surface area contributed by atoms with E-state index in [9.17, 15) is 27.2 Å². The smallest absolute Gasteiger partial charge is 0.343 e. The SMILES string of the molecule is C[C@H](C(=O)Nc1ccccc1F)N(C)Cc1ccc(C(=O)NCC(F)(F)F)cc1. The molecule has 29 heavy (non-hydrogen) atoms. The molecule has 0 aromatic heterocycles. The monoisotopic (exact) mass is 411 g/mol. The maximum Gasteiger partial charge on any atom is 0.405 e. The van der Waals surface area contributed by atoms with E-state index in [1.165, 1.54) is 30.3 Å². The second kappa shape index (κ2) is 9.51. The van der Waals surface area contributed by atoms with Crippen molar-refractivity contribution in [1.29, 1.82) is 0 Å². The summed E-state index contributed by atoms with van der Waals surface area (Å²) in [6.07, 6.45) is -4.47. The highest BCUT2D eigenvalue weighted by atomic mass is 19.4. The Balaban J connectivity index is 1.92. The van der Waals surface area contributed by atoms with Gasteiger partial charge in [-0.25, -0.2) is 4.39 Å². The number of anilines is 1. The Hall–Kier alpha value is -2.94. The van der Waals surface area contributed by atoms with Crippen LogP contribution in [-0.4, -0.2) is 42.5 Å². The molecule has 2 rings (SSSR count). The third kappa shape index (κ3) is 6.86. The molecule has 0 radical (unpaired) electrons. The third-order valence-corrected chi connectivity index (χ3v) is 4.27. The molecule has 0 unspecified atom stereocenters. The molecule has 5 nitrogen and oxygen atoms in total. The molecule has 0 fully saturated rings. The molecular formula is C20H21F4N3O2. The van der Waals surface area contributed by atoms with E-state index < -0.39 is 30.5 Å². The van der Waals surface area contributed by atoms with Crippen LogP contribution < -0.4 is 10.6 Å². The maximum absolute atomic E-state index is 13.7. The molecule has 2 aromatic rings. The first-order chi connectivity index (χ1) is 13.6. The molecule has 0 heterocycles. The summed E-state index contributed by atoms with van der Waals surface area (Å²) in [6.45, 7) is 0.608. The van der Waals surface area contributed by atoms with Gasteiger partial charge < -0.3 is 10.6 Å². The minimum Gasteiger partial charge on any atom is -0.343 e. The first-order valence-electron chi connectivity index (χ1n) is 8.76. The van der Waals surface area contributed by atoms with Crippen molar-refractivity contribution in [2.45, 2.75) is 25.7 Å². The van der Waals surface area contributed by atoms with E-state index in [4.69, 9.17) is 0 Å². The number of rotatable bonds is 7. The van der Waals surface area contributed by atoms with Crippen LogP contribution in [0.3, 0.4) is 0 Å². The Morgan fingerprint density at radius 3 is 2.28 bits per heavy atom. The zero-order valence-electron chi connectivity index (χ0n) is 15.9. The van der Waals surface area contributed by atoms with Gasteiger partial charge in [-0.2, -0.15) is 13.2 Å². The molecule has 0 bridgehead atoms. The van der Waals surface area contributed by atoms with Crippen molar-refractivity contribution in [3.8, 4) is 0 Å². The fourth-order valence-electron chi connectivity index (χ4n) is 2.47. The topological polar surface area (TPSA) is 61.4 Å². The molecule has 1 atom stereocenters. The van der Waals surface area contributed by atoms with Gasteiger partial charge in [0.25, 0.3) is 5.91 Å². The Kier molecular flexibility index (Phi) is 7.33. The fourth-order valence-corrected chi connectivity index (χ4v) is 2.47. The summed E-state index contributed by atoms with van der Waals surface area (Å²) in [5, 5.41) is 4.33. The zero-order valence-corrected chi connectivity index (χ0v) is 15.9. The van der Waals surface area contributed by atoms with Crippen LogP contribution in [0.5, 0.6) is 0 Å². The maximum atomic E-state index is 13.7. The molecule has 0 aliphatic carbocycles. The van der Waals surface area contributed by atoms with Crippen molar-refractivity contribution in [2.24, 2.45) is 0 Å². The summed E-state index contributed by atoms with van der Waals surface area (Å²) in [4.78, 5) is 25.8. The van der Waals surface area contributed by atoms with Crippen LogP contribution in [0.1, 0.15) is 22.8 Å². The summed E-state index contributed by atoms with van der Waals surface area (Å²) >= 11 is 0. The zero-order chi connectivity index (χ0) is 21.6. The van der Waals surface area contributed by atoms with Crippen LogP contribution in [-0.2, 0) is 11.3 Å². The number of alkyl halides is 3. The minimum absolute atomic E-state index is 0.0898. The van der Waals surface area contributed by atoms with Gasteiger partial charge in [0.1, 0.15) is 12.4 Å². The first-order valence-corrected chi connectivity index (χ1v) is 8.76. The number of amides is 2. The van der Waals surface area contributed by atoms with Gasteiger partial charge in [0.15, 0.2) is 0 Å². The van der Waals surface area contributed by atoms with Gasteiger partial charge in [0.05, 0.1) is 11.7 Å². The predicted octanol–water partition coefficient (Wildman–Crippen LogP) is 3.58. The molecule has 2 amide bonds. The van der Waals surface area contributed by atoms with Gasteiger partial charge in [0.2, 0.25) is 5.91 Å². The van der Waals surface area contributed by atoms with Crippen LogP contribution >= 0.6 is 0 Å². The van der Waals surface area contributed by atoms with Crippen LogP contribution in [0.15, 0.2) is 48.5 Å². The molecule has 9 heteroatoms. The van der Waals surface area contributed by atoms with E-state index in [0.29, 0.717) is 6.54 Å². The van der Waals surface area contributed by atoms with Crippen molar-refractivity contribution < 1.29 is 27.2 Å². The lowest BCUT2D eigenvalue weighted by Gasteiger charge is -2.24. The lowest BCUT2D eigenvalue weighted by Crippen LogP contribution is -2.39. The normalized spacial score (nSPS) is 12.5. The number of hydrogen-bond donors (Lipinski definition) is 2. The molecular weight excluding hydrogens is 390 g/mol. The summed E-state index contributed by atoms with van der Waals surface area (Å²) in [6, 6.07) is 11.3. The predicted molar refractivity (Wildman–Crippen MR) is 101 cm³/mol. The number of carbonyl (C=O) groups is 2. The summed E-state index contributed by atoms with van der Waals surface area (Å²) in [7, 11) is 1.70. The Morgan fingerprint density at radius 2 is 1.69 bits per heavy atom. The van der Waals surface area contributed by atoms with Crippen LogP contribution in [0.2, 0.25) is 0 Å². The molecule has 0 aliphatic heterocycles. The van der Waals surface area contributed by atoms with Crippen molar-refractivity contribution in [3.63, 3.8) is 0 Å². The number of nitrogens with zero attached hydrogens (tertiary/aromatic N) is 1. The summed E-state index contributed by atoms with van der Waals surface area (Å²) in [5.74, 6) is -1.74. The Labute approximate surface area is 165 Å². The van der Waals surface area contributed by atoms with Gasteiger partial charge in [0, 0.05) is 12.1 Å². The van der Waals surface area contributed by atoms with Crippen LogP contribution in [0, 0.1) is 5.82 Å². The number of likely N-dealkylation sites (N-methyl/N-ethyl adjacent to an activating group) is 1. The molecule has 0 spiro atoms. The van der Waals surface area contributed by atoms with Crippen molar-refractivity contribution in [2.75, 3.05) is 18.9 Å². The van der Waals surface area contributed by atoms with Crippen molar-refractivity contribution in [1.82, 2.24) is 10.2 Å². The van der Waals surface area contributed by atoms with Crippen LogP contribution in [0.4, 0.5) is 23.2 Å². The number of hydrogen-bond acceptors (Lipinski definition) is 3. The van der Waals surface area contributed by atoms with E-state index in [1.807, 2.05) is 0 Å². The Bertz CT molecular complexity index is 854. The molecule has 156 valence electrons. The summed E-state index contributed by atoms with van der Waals surface area (Å²) < 4.78 is 50.2. The highest BCUT2D eigenvalue weighted by molar-refractivity contribution is 5.95. The second-order valence-electron chi connectivity index (χ2n) is 6.55. The lowest BCUT2D eigenvalue weighted by atomic mass is 10.1. The average molecular weight is 411 g/mol. The van der Waals surface area contributed by atoms with E-state index in [1.54, 1.807) is 42.4 Å². The molecule has 2 aromatic carbocycles. The molecule has 0 saturated heterocycles. The number of carbonyl (C=O) groups excluding carboxylic acids is 2. The van der Waals surface area contributed by atoms with Crippen molar-refractivity contribution >= 4 is 17.5 Å². The number of benzene rings is 2. The van der Waals surface area contributed by atoms with Crippen LogP contribution in [0.25, 0.3) is 0 Å². The lowest BCUT2D eigenvalue weighted by molar-refractivity contribution is -0.123. The fraction of sp³-hybridized carbons (Fsp3) is 0.300. The number of para-hydroxylation sites is 1. The average Bonchev–Trinajstić information content (AvgIpc) is 2.67. The highest BCUT2D eigenvalue weighted by Crippen LogP contribution is 2.15. The number of nitrogens with one attached hydrogen (secondary N) is 2. The van der Waals surface area contributed by atoms with E-state index in [2.05, 4.69) is 5.32 Å². The molecule has 0 saturated carbocycles. The van der Waals surface area contributed by atoms with E-state index in [-0.39, 0.29) is 17.2 Å². The van der Waals surface area contributed by atoms with Gasteiger partial charge in [-0.3, -0.25) is 14.5 Å². The van der Waals surface area contributed by atoms with Gasteiger partial charge in [-0.1, -0.05) is 24.3 Å². The third-order valence-electron chi connectivity index (χ3n) is 4.27. The molecule has 0 aliphatic rings. The molecule has 2 N–H and O–H groups in total. The quantitative estimate of drug-likeness (QED) is 0.685. The van der Waals surface area contributed by atoms with E-state index in [0.717, 1.165) is 5.56 Å². The minimum atomic E-state index is -4.47. The van der Waals surface area contributed by atoms with Gasteiger partial charge in [-0.15, -0.1) is 0 Å². The number of halogens is 4. The van der Waals surface area contributed by atoms with E-state index >= 15 is 0 Å². The van der Waals surface area contributed by atoms with Gasteiger partial charge in [-0.05, 0) is 43.8 Å². The first kappa shape index (κ1) is 22.4. The second-order valence-corrected chi connectivity index (χ2v) is 6.55. The largest absolute Gasteiger partial charge is 0.405 e. The summed E-state index contributed by atoms with van der Waals surface area (Å²) in [5.41, 5.74) is 0.948. The Morgan fingerprint density at radius 1 is 1.07 bits per heavy atom. The highest BCUT2D eigenvalue weighted by Gasteiger charge is 2.28. The van der Waals surface area contributed by atoms with Gasteiger partial charge >= 0.3 is 6.18 Å². The van der Waals surface area contributed by atoms with Crippen molar-refractivity contribution in [3.05, 3.63) is 65.5 Å². The standard InChI is InChI=1S/C20H21F4N3O2/c1-13(18(28)26-17-6-4-3-5-16(17)21)27(2)11-14-7-9-15(10-8-14)19(29)25-12-20(22,23)24/h3-10,13H,11-12H2,1-2H3,(H,25,29)(H,26,28)/t13-/m1/s1.